The molecule has 1 aliphatic carbocycles. The number of rotatable bonds is 2. The molecule has 0 spiro atoms. The molecule has 1 heterocycles. The van der Waals surface area contributed by atoms with Gasteiger partial charge in [-0.15, -0.1) is 0 Å². The molecule has 0 amide bonds. The van der Waals surface area contributed by atoms with Gasteiger partial charge in [-0.1, -0.05) is 48.0 Å². The van der Waals surface area contributed by atoms with Gasteiger partial charge in [0.1, 0.15) is 5.82 Å². The Labute approximate surface area is 160 Å². The monoisotopic (exact) mass is 411 g/mol. The highest BCUT2D eigenvalue weighted by Crippen LogP contribution is 2.41. The van der Waals surface area contributed by atoms with Crippen LogP contribution in [0.3, 0.4) is 0 Å². The first kappa shape index (κ1) is 17.2. The third-order valence-corrected chi connectivity index (χ3v) is 5.53. The van der Waals surface area contributed by atoms with Gasteiger partial charge in [-0.05, 0) is 42.2 Å². The van der Waals surface area contributed by atoms with Crippen LogP contribution in [0.15, 0.2) is 59.1 Å². The first-order chi connectivity index (χ1) is 12.3. The van der Waals surface area contributed by atoms with E-state index in [2.05, 4.69) is 34.3 Å². The van der Waals surface area contributed by atoms with Crippen molar-refractivity contribution in [2.24, 2.45) is 5.41 Å². The van der Waals surface area contributed by atoms with Crippen molar-refractivity contribution in [2.75, 3.05) is 0 Å². The van der Waals surface area contributed by atoms with Crippen LogP contribution in [0, 0.1) is 11.2 Å². The van der Waals surface area contributed by atoms with E-state index in [9.17, 15) is 9.18 Å². The highest BCUT2D eigenvalue weighted by atomic mass is 79.9. The zero-order valence-electron chi connectivity index (χ0n) is 14.7. The predicted molar refractivity (Wildman–Crippen MR) is 107 cm³/mol. The van der Waals surface area contributed by atoms with Crippen LogP contribution < -0.4 is 0 Å². The maximum absolute atomic E-state index is 13.8. The molecule has 0 saturated carbocycles. The number of hydrogen-bond donors (Lipinski definition) is 0. The van der Waals surface area contributed by atoms with Crippen molar-refractivity contribution in [2.45, 2.75) is 26.7 Å². The molecule has 2 aromatic carbocycles. The molecule has 0 bridgehead atoms. The molecule has 0 radical (unpaired) electrons. The maximum Gasteiger partial charge on any atom is 0.157 e. The average molecular weight is 412 g/mol. The zero-order valence-corrected chi connectivity index (χ0v) is 16.3. The summed E-state index contributed by atoms with van der Waals surface area (Å²) in [7, 11) is 0. The number of hydrogen-bond acceptors (Lipinski definition) is 1. The maximum atomic E-state index is 13.8. The minimum absolute atomic E-state index is 0.0943. The first-order valence-corrected chi connectivity index (χ1v) is 9.43. The Kier molecular flexibility index (Phi) is 4.11. The summed E-state index contributed by atoms with van der Waals surface area (Å²) in [5, 5.41) is 0.826. The summed E-state index contributed by atoms with van der Waals surface area (Å²) in [6, 6.07) is 14.8. The van der Waals surface area contributed by atoms with Gasteiger partial charge < -0.3 is 4.57 Å². The van der Waals surface area contributed by atoms with Crippen LogP contribution in [0.25, 0.3) is 27.9 Å². The van der Waals surface area contributed by atoms with Gasteiger partial charge in [0.25, 0.3) is 0 Å². The van der Waals surface area contributed by atoms with Crippen LogP contribution in [-0.2, 0) is 4.79 Å². The summed E-state index contributed by atoms with van der Waals surface area (Å²) in [6.45, 7) is 4.22. The van der Waals surface area contributed by atoms with Crippen molar-refractivity contribution in [1.29, 1.82) is 0 Å². The molecule has 0 atom stereocenters. The molecule has 132 valence electrons. The topological polar surface area (TPSA) is 22.0 Å². The lowest BCUT2D eigenvalue weighted by Crippen LogP contribution is -2.23. The third-order valence-electron chi connectivity index (χ3n) is 4.84. The lowest BCUT2D eigenvalue weighted by molar-refractivity contribution is -0.116. The van der Waals surface area contributed by atoms with Gasteiger partial charge in [-0.3, -0.25) is 4.79 Å². The summed E-state index contributed by atoms with van der Waals surface area (Å²) in [6.07, 6.45) is 3.08. The van der Waals surface area contributed by atoms with E-state index >= 15 is 0 Å². The summed E-state index contributed by atoms with van der Waals surface area (Å²) in [5.41, 5.74) is 3.74. The molecule has 0 N–H and O–H groups in total. The Morgan fingerprint density at radius 1 is 1.08 bits per heavy atom. The molecular formula is C22H19BrFNO. The van der Waals surface area contributed by atoms with E-state index in [0.29, 0.717) is 6.42 Å². The fourth-order valence-electron chi connectivity index (χ4n) is 3.82. The number of benzene rings is 2. The number of carbonyl (C=O) groups is 1. The molecule has 1 aromatic heterocycles. The standard InChI is InChI=1S/C22H19BrFNO/c1-22(2)12-16(11-17(26)13-22)25-20-8-7-15(24)9-14(20)10-21(25)18-5-3-4-6-19(18)23/h3-11H,12-13H2,1-2H3. The number of aromatic nitrogens is 1. The van der Waals surface area contributed by atoms with Crippen molar-refractivity contribution < 1.29 is 9.18 Å². The molecule has 3 aromatic rings. The van der Waals surface area contributed by atoms with Gasteiger partial charge in [-0.2, -0.15) is 0 Å². The summed E-state index contributed by atoms with van der Waals surface area (Å²) in [5.74, 6) is -0.124. The van der Waals surface area contributed by atoms with E-state index in [1.807, 2.05) is 30.3 Å². The molecule has 2 nitrogen and oxygen atoms in total. The van der Waals surface area contributed by atoms with Crippen LogP contribution >= 0.6 is 15.9 Å². The normalized spacial score (nSPS) is 16.8. The summed E-state index contributed by atoms with van der Waals surface area (Å²) >= 11 is 3.62. The molecule has 1 aliphatic rings. The Balaban J connectivity index is 2.03. The lowest BCUT2D eigenvalue weighted by atomic mass is 9.78. The summed E-state index contributed by atoms with van der Waals surface area (Å²) in [4.78, 5) is 12.3. The van der Waals surface area contributed by atoms with Crippen LogP contribution in [0.5, 0.6) is 0 Å². The molecule has 0 fully saturated rings. The number of carbonyl (C=O) groups excluding carboxylic acids is 1. The molecule has 4 rings (SSSR count). The van der Waals surface area contributed by atoms with Crippen LogP contribution in [0.2, 0.25) is 0 Å². The molecule has 0 unspecified atom stereocenters. The largest absolute Gasteiger partial charge is 0.313 e. The molecular weight excluding hydrogens is 393 g/mol. The van der Waals surface area contributed by atoms with E-state index in [1.165, 1.54) is 6.07 Å². The van der Waals surface area contributed by atoms with Crippen molar-refractivity contribution in [3.8, 4) is 11.3 Å². The fourth-order valence-corrected chi connectivity index (χ4v) is 4.31. The molecule has 4 heteroatoms. The van der Waals surface area contributed by atoms with Gasteiger partial charge >= 0.3 is 0 Å². The van der Waals surface area contributed by atoms with Crippen molar-refractivity contribution in [1.82, 2.24) is 4.57 Å². The fraction of sp³-hybridized carbons (Fsp3) is 0.227. The van der Waals surface area contributed by atoms with Gasteiger partial charge in [0.15, 0.2) is 5.78 Å². The first-order valence-electron chi connectivity index (χ1n) is 8.64. The van der Waals surface area contributed by atoms with Crippen molar-refractivity contribution in [3.63, 3.8) is 0 Å². The Bertz CT molecular complexity index is 1060. The van der Waals surface area contributed by atoms with Crippen LogP contribution in [0.1, 0.15) is 26.7 Å². The minimum atomic E-state index is -0.262. The van der Waals surface area contributed by atoms with Crippen LogP contribution in [-0.4, -0.2) is 10.4 Å². The number of fused-ring (bicyclic) bond motifs is 1. The Morgan fingerprint density at radius 3 is 2.58 bits per heavy atom. The van der Waals surface area contributed by atoms with Gasteiger partial charge in [0.2, 0.25) is 0 Å². The number of allylic oxidation sites excluding steroid dienone is 2. The van der Waals surface area contributed by atoms with Gasteiger partial charge in [0, 0.05) is 33.6 Å². The van der Waals surface area contributed by atoms with E-state index in [4.69, 9.17) is 0 Å². The average Bonchev–Trinajstić information content (AvgIpc) is 2.91. The number of halogens is 2. The predicted octanol–water partition coefficient (Wildman–Crippen LogP) is 6.44. The van der Waals surface area contributed by atoms with Gasteiger partial charge in [-0.25, -0.2) is 4.39 Å². The Morgan fingerprint density at radius 2 is 1.85 bits per heavy atom. The molecule has 0 aliphatic heterocycles. The molecule has 26 heavy (non-hydrogen) atoms. The van der Waals surface area contributed by atoms with E-state index in [1.54, 1.807) is 18.2 Å². The van der Waals surface area contributed by atoms with E-state index in [-0.39, 0.29) is 17.0 Å². The smallest absolute Gasteiger partial charge is 0.157 e. The number of ketones is 1. The molecule has 0 saturated heterocycles. The second-order valence-corrected chi connectivity index (χ2v) is 8.52. The van der Waals surface area contributed by atoms with E-state index in [0.717, 1.165) is 38.8 Å². The highest BCUT2D eigenvalue weighted by Gasteiger charge is 2.30. The highest BCUT2D eigenvalue weighted by molar-refractivity contribution is 9.10. The quantitative estimate of drug-likeness (QED) is 0.475. The second kappa shape index (κ2) is 6.20. The lowest BCUT2D eigenvalue weighted by Gasteiger charge is -2.30. The second-order valence-electron chi connectivity index (χ2n) is 7.67. The Hall–Kier alpha value is -2.20. The van der Waals surface area contributed by atoms with Crippen molar-refractivity contribution >= 4 is 38.3 Å². The minimum Gasteiger partial charge on any atom is -0.313 e. The third kappa shape index (κ3) is 3.03. The van der Waals surface area contributed by atoms with Gasteiger partial charge in [0.05, 0.1) is 11.2 Å². The van der Waals surface area contributed by atoms with Crippen LogP contribution in [0.4, 0.5) is 4.39 Å². The van der Waals surface area contributed by atoms with E-state index < -0.39 is 0 Å². The van der Waals surface area contributed by atoms with Crippen molar-refractivity contribution in [3.05, 3.63) is 64.9 Å². The summed E-state index contributed by atoms with van der Waals surface area (Å²) < 4.78 is 16.9. The zero-order chi connectivity index (χ0) is 18.5. The SMILES string of the molecule is CC1(C)CC(=O)C=C(n2c(-c3ccccc3Br)cc3cc(F)ccc32)C1. The number of nitrogens with zero attached hydrogens (tertiary/aromatic N) is 1.